The van der Waals surface area contributed by atoms with Gasteiger partial charge in [0.1, 0.15) is 0 Å². The molecule has 1 atom stereocenters. The number of rotatable bonds is 4. The summed E-state index contributed by atoms with van der Waals surface area (Å²) in [6, 6.07) is 9.78. The van der Waals surface area contributed by atoms with Crippen molar-refractivity contribution >= 4 is 5.91 Å². The van der Waals surface area contributed by atoms with Crippen molar-refractivity contribution in [2.45, 2.75) is 6.04 Å². The van der Waals surface area contributed by atoms with Gasteiger partial charge >= 0.3 is 0 Å². The maximum absolute atomic E-state index is 13.6. The predicted octanol–water partition coefficient (Wildman–Crippen LogP) is 1.77. The molecule has 1 amide bonds. The molecule has 5 nitrogen and oxygen atoms in total. The predicted molar refractivity (Wildman–Crippen MR) is 83.5 cm³/mol. The molecule has 0 bridgehead atoms. The van der Waals surface area contributed by atoms with Crippen LogP contribution in [-0.4, -0.2) is 42.0 Å². The summed E-state index contributed by atoms with van der Waals surface area (Å²) in [6.07, 6.45) is 3.46. The number of aromatic nitrogens is 1. The second kappa shape index (κ2) is 7.19. The summed E-state index contributed by atoms with van der Waals surface area (Å²) in [5.41, 5.74) is 0.971. The third-order valence-corrected chi connectivity index (χ3v) is 3.82. The Labute approximate surface area is 134 Å². The Morgan fingerprint density at radius 3 is 3.00 bits per heavy atom. The molecule has 1 saturated heterocycles. The molecule has 0 radical (unpaired) electrons. The van der Waals surface area contributed by atoms with Crippen LogP contribution in [0.4, 0.5) is 4.39 Å². The summed E-state index contributed by atoms with van der Waals surface area (Å²) >= 11 is 0. The first-order valence-corrected chi connectivity index (χ1v) is 7.53. The van der Waals surface area contributed by atoms with Crippen LogP contribution in [0.25, 0.3) is 0 Å². The zero-order chi connectivity index (χ0) is 16.1. The lowest BCUT2D eigenvalue weighted by Gasteiger charge is -2.36. The van der Waals surface area contributed by atoms with Crippen molar-refractivity contribution in [3.8, 4) is 5.75 Å². The minimum Gasteiger partial charge on any atom is -0.481 e. The second-order valence-corrected chi connectivity index (χ2v) is 5.31. The summed E-state index contributed by atoms with van der Waals surface area (Å²) in [4.78, 5) is 18.4. The van der Waals surface area contributed by atoms with E-state index in [0.29, 0.717) is 13.1 Å². The molecule has 2 heterocycles. The van der Waals surface area contributed by atoms with Gasteiger partial charge in [-0.3, -0.25) is 9.78 Å². The van der Waals surface area contributed by atoms with Gasteiger partial charge < -0.3 is 15.0 Å². The summed E-state index contributed by atoms with van der Waals surface area (Å²) in [5.74, 6) is -0.540. The highest BCUT2D eigenvalue weighted by molar-refractivity contribution is 5.78. The van der Waals surface area contributed by atoms with Crippen molar-refractivity contribution < 1.29 is 13.9 Å². The van der Waals surface area contributed by atoms with E-state index in [1.54, 1.807) is 29.4 Å². The zero-order valence-electron chi connectivity index (χ0n) is 12.6. The van der Waals surface area contributed by atoms with Crippen molar-refractivity contribution in [1.29, 1.82) is 0 Å². The number of pyridine rings is 1. The number of para-hydroxylation sites is 1. The molecule has 3 rings (SSSR count). The standard InChI is InChI=1S/C17H18FN3O2/c18-14-5-1-2-6-16(14)23-12-17(22)21-9-8-20-11-15(21)13-4-3-7-19-10-13/h1-7,10,15,20H,8-9,11-12H2. The molecule has 1 aromatic heterocycles. The number of amides is 1. The van der Waals surface area contributed by atoms with Gasteiger partial charge in [0.05, 0.1) is 6.04 Å². The first-order chi connectivity index (χ1) is 11.3. The lowest BCUT2D eigenvalue weighted by Crippen LogP contribution is -2.50. The first kappa shape index (κ1) is 15.4. The fourth-order valence-electron chi connectivity index (χ4n) is 2.66. The van der Waals surface area contributed by atoms with Crippen LogP contribution in [0.3, 0.4) is 0 Å². The van der Waals surface area contributed by atoms with E-state index in [4.69, 9.17) is 4.74 Å². The van der Waals surface area contributed by atoms with Crippen LogP contribution >= 0.6 is 0 Å². The molecule has 0 spiro atoms. The van der Waals surface area contributed by atoms with Crippen LogP contribution in [0, 0.1) is 5.82 Å². The third-order valence-electron chi connectivity index (χ3n) is 3.82. The maximum Gasteiger partial charge on any atom is 0.261 e. The molecule has 1 aliphatic rings. The summed E-state index contributed by atoms with van der Waals surface area (Å²) < 4.78 is 18.9. The number of piperazine rings is 1. The molecule has 23 heavy (non-hydrogen) atoms. The van der Waals surface area contributed by atoms with Gasteiger partial charge in [0.15, 0.2) is 18.2 Å². The molecule has 1 fully saturated rings. The van der Waals surface area contributed by atoms with Gasteiger partial charge in [-0.1, -0.05) is 18.2 Å². The van der Waals surface area contributed by atoms with Crippen molar-refractivity contribution in [3.05, 3.63) is 60.2 Å². The number of carbonyl (C=O) groups is 1. The van der Waals surface area contributed by atoms with Crippen molar-refractivity contribution in [1.82, 2.24) is 15.2 Å². The minimum atomic E-state index is -0.468. The molecule has 1 aliphatic heterocycles. The van der Waals surface area contributed by atoms with Gasteiger partial charge in [-0.25, -0.2) is 4.39 Å². The molecular weight excluding hydrogens is 297 g/mol. The molecule has 1 aromatic carbocycles. The summed E-state index contributed by atoms with van der Waals surface area (Å²) in [7, 11) is 0. The monoisotopic (exact) mass is 315 g/mol. The Bertz CT molecular complexity index is 666. The average molecular weight is 315 g/mol. The van der Waals surface area contributed by atoms with Crippen molar-refractivity contribution in [3.63, 3.8) is 0 Å². The van der Waals surface area contributed by atoms with E-state index in [9.17, 15) is 9.18 Å². The Morgan fingerprint density at radius 1 is 1.35 bits per heavy atom. The first-order valence-electron chi connectivity index (χ1n) is 7.53. The topological polar surface area (TPSA) is 54.5 Å². The van der Waals surface area contributed by atoms with E-state index in [-0.39, 0.29) is 24.3 Å². The van der Waals surface area contributed by atoms with Gasteiger partial charge in [-0.15, -0.1) is 0 Å². The van der Waals surface area contributed by atoms with Gasteiger partial charge in [-0.05, 0) is 23.8 Å². The van der Waals surface area contributed by atoms with Gasteiger partial charge in [-0.2, -0.15) is 0 Å². The minimum absolute atomic E-state index is 0.0887. The lowest BCUT2D eigenvalue weighted by atomic mass is 10.1. The van der Waals surface area contributed by atoms with Crippen LogP contribution in [-0.2, 0) is 4.79 Å². The van der Waals surface area contributed by atoms with Crippen molar-refractivity contribution in [2.24, 2.45) is 0 Å². The summed E-state index contributed by atoms with van der Waals surface area (Å²) in [5, 5.41) is 3.28. The fourth-order valence-corrected chi connectivity index (χ4v) is 2.66. The van der Waals surface area contributed by atoms with E-state index in [1.807, 2.05) is 12.1 Å². The molecule has 0 saturated carbocycles. The molecule has 120 valence electrons. The summed E-state index contributed by atoms with van der Waals surface area (Å²) in [6.45, 7) is 1.79. The normalized spacial score (nSPS) is 17.8. The average Bonchev–Trinajstić information content (AvgIpc) is 2.61. The quantitative estimate of drug-likeness (QED) is 0.934. The van der Waals surface area contributed by atoms with E-state index in [1.165, 1.54) is 12.1 Å². The van der Waals surface area contributed by atoms with E-state index in [2.05, 4.69) is 10.3 Å². The van der Waals surface area contributed by atoms with E-state index >= 15 is 0 Å². The van der Waals surface area contributed by atoms with Crippen LogP contribution in [0.5, 0.6) is 5.75 Å². The third kappa shape index (κ3) is 3.65. The van der Waals surface area contributed by atoms with Crippen molar-refractivity contribution in [2.75, 3.05) is 26.2 Å². The number of halogens is 1. The highest BCUT2D eigenvalue weighted by Gasteiger charge is 2.28. The Hall–Kier alpha value is -2.47. The van der Waals surface area contributed by atoms with Gasteiger partial charge in [0.2, 0.25) is 0 Å². The van der Waals surface area contributed by atoms with Gasteiger partial charge in [0.25, 0.3) is 5.91 Å². The Balaban J connectivity index is 1.68. The SMILES string of the molecule is O=C(COc1ccccc1F)N1CCNCC1c1cccnc1. The molecule has 0 aliphatic carbocycles. The molecule has 6 heteroatoms. The number of ether oxygens (including phenoxy) is 1. The van der Waals surface area contributed by atoms with Gasteiger partial charge in [0, 0.05) is 32.0 Å². The van der Waals surface area contributed by atoms with Crippen LogP contribution in [0.2, 0.25) is 0 Å². The van der Waals surface area contributed by atoms with Crippen LogP contribution in [0.15, 0.2) is 48.8 Å². The molecule has 1 unspecified atom stereocenters. The molecule has 1 N–H and O–H groups in total. The molecular formula is C17H18FN3O2. The van der Waals surface area contributed by atoms with Crippen LogP contribution < -0.4 is 10.1 Å². The van der Waals surface area contributed by atoms with Crippen LogP contribution in [0.1, 0.15) is 11.6 Å². The maximum atomic E-state index is 13.6. The number of benzene rings is 1. The number of nitrogens with zero attached hydrogens (tertiary/aromatic N) is 2. The highest BCUT2D eigenvalue weighted by Crippen LogP contribution is 2.22. The van der Waals surface area contributed by atoms with E-state index < -0.39 is 5.82 Å². The fraction of sp³-hybridized carbons (Fsp3) is 0.294. The smallest absolute Gasteiger partial charge is 0.261 e. The number of hydrogen-bond acceptors (Lipinski definition) is 4. The largest absolute Gasteiger partial charge is 0.481 e. The Kier molecular flexibility index (Phi) is 4.83. The zero-order valence-corrected chi connectivity index (χ0v) is 12.6. The lowest BCUT2D eigenvalue weighted by molar-refractivity contribution is -0.136. The number of nitrogens with one attached hydrogen (secondary N) is 1. The second-order valence-electron chi connectivity index (χ2n) is 5.31. The highest BCUT2D eigenvalue weighted by atomic mass is 19.1. The number of carbonyl (C=O) groups excluding carboxylic acids is 1. The Morgan fingerprint density at radius 2 is 2.22 bits per heavy atom. The number of hydrogen-bond donors (Lipinski definition) is 1. The molecule has 2 aromatic rings. The van der Waals surface area contributed by atoms with E-state index in [0.717, 1.165) is 12.1 Å².